The lowest BCUT2D eigenvalue weighted by Gasteiger charge is -2.13. The summed E-state index contributed by atoms with van der Waals surface area (Å²) >= 11 is 0. The van der Waals surface area contributed by atoms with Gasteiger partial charge < -0.3 is 9.47 Å². The van der Waals surface area contributed by atoms with Crippen molar-refractivity contribution in [2.45, 2.75) is 39.5 Å². The van der Waals surface area contributed by atoms with E-state index in [-0.39, 0.29) is 23.8 Å². The molecule has 8 heteroatoms. The highest BCUT2D eigenvalue weighted by atomic mass is 17.3. The third-order valence-corrected chi connectivity index (χ3v) is 3.93. The maximum absolute atomic E-state index is 12.2. The quantitative estimate of drug-likeness (QED) is 0.288. The van der Waals surface area contributed by atoms with Gasteiger partial charge in [-0.1, -0.05) is 20.8 Å². The molecule has 0 saturated carbocycles. The van der Waals surface area contributed by atoms with Gasteiger partial charge in [0.25, 0.3) is 0 Å². The van der Waals surface area contributed by atoms with E-state index in [0.717, 1.165) is 12.8 Å². The van der Waals surface area contributed by atoms with Crippen molar-refractivity contribution in [3.63, 3.8) is 0 Å². The van der Waals surface area contributed by atoms with Crippen molar-refractivity contribution in [2.24, 2.45) is 0 Å². The van der Waals surface area contributed by atoms with Gasteiger partial charge in [0.15, 0.2) is 0 Å². The zero-order valence-electron chi connectivity index (χ0n) is 18.3. The average molecular weight is 444 g/mol. The lowest BCUT2D eigenvalue weighted by molar-refractivity contribution is -0.363. The van der Waals surface area contributed by atoms with Crippen molar-refractivity contribution in [1.82, 2.24) is 0 Å². The van der Waals surface area contributed by atoms with E-state index in [4.69, 9.17) is 29.0 Å². The summed E-state index contributed by atoms with van der Waals surface area (Å²) in [5, 5.41) is 0. The highest BCUT2D eigenvalue weighted by Crippen LogP contribution is 2.19. The summed E-state index contributed by atoms with van der Waals surface area (Å²) in [6, 6.07) is 12.8. The Morgan fingerprint density at radius 1 is 0.688 bits per heavy atom. The molecule has 0 spiro atoms. The Hall–Kier alpha value is -3.10. The first-order valence-corrected chi connectivity index (χ1v) is 10.5. The molecule has 2 aromatic carbocycles. The topological polar surface area (TPSA) is 89.5 Å². The molecule has 0 aliphatic carbocycles. The highest BCUT2D eigenvalue weighted by Gasteiger charge is 2.21. The van der Waals surface area contributed by atoms with Crippen molar-refractivity contribution in [1.29, 1.82) is 0 Å². The van der Waals surface area contributed by atoms with Gasteiger partial charge in [-0.25, -0.2) is 9.59 Å². The largest absolute Gasteiger partial charge is 0.494 e. The van der Waals surface area contributed by atoms with E-state index in [1.54, 1.807) is 48.5 Å². The fraction of sp³-hybridized carbons (Fsp3) is 0.333. The van der Waals surface area contributed by atoms with Gasteiger partial charge in [0.2, 0.25) is 0 Å². The molecule has 0 aromatic heterocycles. The van der Waals surface area contributed by atoms with Crippen LogP contribution in [0.15, 0.2) is 48.5 Å². The minimum absolute atomic E-state index is 0.147. The minimum Gasteiger partial charge on any atom is -0.494 e. The zero-order valence-corrected chi connectivity index (χ0v) is 18.3. The summed E-state index contributed by atoms with van der Waals surface area (Å²) < 4.78 is 10.9. The van der Waals surface area contributed by atoms with Crippen molar-refractivity contribution in [3.8, 4) is 11.5 Å². The van der Waals surface area contributed by atoms with Crippen LogP contribution in [0.3, 0.4) is 0 Å². The van der Waals surface area contributed by atoms with Crippen LogP contribution in [0.5, 0.6) is 11.5 Å². The number of rotatable bonds is 14. The van der Waals surface area contributed by atoms with Gasteiger partial charge in [-0.15, -0.1) is 9.78 Å². The normalized spacial score (nSPS) is 10.6. The van der Waals surface area contributed by atoms with Crippen LogP contribution in [-0.4, -0.2) is 25.2 Å². The van der Waals surface area contributed by atoms with Gasteiger partial charge in [-0.2, -0.15) is 0 Å². The molecule has 0 unspecified atom stereocenters. The van der Waals surface area contributed by atoms with Crippen LogP contribution in [0.4, 0.5) is 0 Å². The summed E-state index contributed by atoms with van der Waals surface area (Å²) in [5.74, 6) is -0.194. The van der Waals surface area contributed by atoms with E-state index >= 15 is 0 Å². The fourth-order valence-corrected chi connectivity index (χ4v) is 2.32. The van der Waals surface area contributed by atoms with Crippen LogP contribution in [0.2, 0.25) is 0 Å². The molecule has 0 aliphatic heterocycles. The van der Waals surface area contributed by atoms with Gasteiger partial charge in [0.05, 0.1) is 24.3 Å². The monoisotopic (exact) mass is 444 g/mol. The minimum atomic E-state index is -0.744. The maximum atomic E-state index is 12.2. The van der Waals surface area contributed by atoms with E-state index < -0.39 is 11.9 Å². The van der Waals surface area contributed by atoms with Crippen molar-refractivity contribution < 1.29 is 38.6 Å². The summed E-state index contributed by atoms with van der Waals surface area (Å²) in [5.41, 5.74) is 0.510. The Kier molecular flexibility index (Phi) is 11.1. The second-order valence-corrected chi connectivity index (χ2v) is 6.63. The molecule has 32 heavy (non-hydrogen) atoms. The third-order valence-electron chi connectivity index (χ3n) is 3.93. The lowest BCUT2D eigenvalue weighted by atomic mass is 10.2. The molecule has 8 nitrogen and oxygen atoms in total. The molecule has 0 fully saturated rings. The first kappa shape index (κ1) is 25.2. The van der Waals surface area contributed by atoms with Gasteiger partial charge >= 0.3 is 18.2 Å². The number of hydrogen-bond donors (Lipinski definition) is 0. The Balaban J connectivity index is 1.82. The maximum Gasteiger partial charge on any atom is 0.373 e. The molecular formula is C24H28O8. The first-order valence-electron chi connectivity index (χ1n) is 10.5. The Morgan fingerprint density at radius 3 is 1.44 bits per heavy atom. The number of ether oxygens (including phenoxy) is 2. The molecule has 0 N–H and O–H groups in total. The average Bonchev–Trinajstić information content (AvgIpc) is 2.83. The van der Waals surface area contributed by atoms with Crippen molar-refractivity contribution in [2.75, 3.05) is 13.2 Å². The number of benzene rings is 2. The Labute approximate surface area is 188 Å². The second-order valence-electron chi connectivity index (χ2n) is 6.63. The molecule has 0 bridgehead atoms. The first-order chi connectivity index (χ1) is 15.6. The predicted octanol–water partition coefficient (Wildman–Crippen LogP) is 5.24. The molecule has 172 valence electrons. The van der Waals surface area contributed by atoms with Gasteiger partial charge in [-0.05, 0) is 67.8 Å². The smallest absolute Gasteiger partial charge is 0.373 e. The molecule has 2 radical (unpaired) electrons. The van der Waals surface area contributed by atoms with Crippen LogP contribution in [0, 0.1) is 13.2 Å². The number of carbonyl (C=O) groups is 2. The van der Waals surface area contributed by atoms with E-state index in [9.17, 15) is 9.59 Å². The van der Waals surface area contributed by atoms with Crippen LogP contribution in [-0.2, 0) is 19.6 Å². The van der Waals surface area contributed by atoms with E-state index in [1.165, 1.54) is 0 Å². The molecule has 0 amide bonds. The van der Waals surface area contributed by atoms with Gasteiger partial charge in [0.1, 0.15) is 11.5 Å². The lowest BCUT2D eigenvalue weighted by Crippen LogP contribution is -2.16. The molecular weight excluding hydrogens is 416 g/mol. The molecule has 0 atom stereocenters. The van der Waals surface area contributed by atoms with Crippen LogP contribution in [0.1, 0.15) is 60.2 Å². The molecule has 0 saturated heterocycles. The fourth-order valence-electron chi connectivity index (χ4n) is 2.32. The number of hydrogen-bond acceptors (Lipinski definition) is 8. The molecule has 0 heterocycles. The second kappa shape index (κ2) is 14.1. The van der Waals surface area contributed by atoms with Gasteiger partial charge in [0, 0.05) is 6.42 Å². The standard InChI is InChI=1S/C24H28O8/c1-4-7-22(29-31-23(25)18-8-12-20(13-9-18)27-16-5-2)30-32-24(26)19-10-14-21(15-11-19)28-17-6-3/h8-15H,1,4-7,16-17H2,2-3H3. The zero-order chi connectivity index (χ0) is 23.2. The highest BCUT2D eigenvalue weighted by molar-refractivity contribution is 5.89. The Morgan fingerprint density at radius 2 is 1.09 bits per heavy atom. The van der Waals surface area contributed by atoms with E-state index in [2.05, 4.69) is 6.92 Å². The molecule has 2 aromatic rings. The summed E-state index contributed by atoms with van der Waals surface area (Å²) in [7, 11) is 0. The predicted molar refractivity (Wildman–Crippen MR) is 115 cm³/mol. The van der Waals surface area contributed by atoms with Crippen molar-refractivity contribution >= 4 is 11.9 Å². The summed E-state index contributed by atoms with van der Waals surface area (Å²) in [6.07, 6.45) is 2.05. The Bertz CT molecular complexity index is 749. The van der Waals surface area contributed by atoms with Crippen LogP contribution in [0.25, 0.3) is 0 Å². The van der Waals surface area contributed by atoms with Crippen LogP contribution < -0.4 is 9.47 Å². The molecule has 2 rings (SSSR count). The van der Waals surface area contributed by atoms with Crippen LogP contribution >= 0.6 is 0 Å². The van der Waals surface area contributed by atoms with E-state index in [0.29, 0.717) is 31.1 Å². The van der Waals surface area contributed by atoms with E-state index in [1.807, 2.05) is 13.8 Å². The SMILES string of the molecule is [CH2]CC[C](OOC(=O)c1ccc(OCCC)cc1)OOC(=O)c1ccc(OCCC)cc1. The van der Waals surface area contributed by atoms with Gasteiger partial charge in [-0.3, -0.25) is 9.78 Å². The summed E-state index contributed by atoms with van der Waals surface area (Å²) in [6.45, 7) is 8.85. The number of carbonyl (C=O) groups excluding carboxylic acids is 2. The van der Waals surface area contributed by atoms with Crippen molar-refractivity contribution in [3.05, 3.63) is 72.9 Å². The summed E-state index contributed by atoms with van der Waals surface area (Å²) in [4.78, 5) is 43.7. The third kappa shape index (κ3) is 8.56. The molecule has 0 aliphatic rings.